The van der Waals surface area contributed by atoms with Crippen molar-refractivity contribution in [2.75, 3.05) is 0 Å². The summed E-state index contributed by atoms with van der Waals surface area (Å²) < 4.78 is 4.93. The van der Waals surface area contributed by atoms with Gasteiger partial charge in [0.2, 0.25) is 5.91 Å². The first-order valence-electron chi connectivity index (χ1n) is 8.63. The Bertz CT molecular complexity index is 620. The van der Waals surface area contributed by atoms with Crippen LogP contribution in [0, 0.1) is 6.92 Å². The molecule has 134 valence electrons. The summed E-state index contributed by atoms with van der Waals surface area (Å²) in [5.41, 5.74) is 1.93. The van der Waals surface area contributed by atoms with Gasteiger partial charge < -0.3 is 9.52 Å². The number of nitrogens with one attached hydrogen (secondary N) is 1. The van der Waals surface area contributed by atoms with E-state index in [4.69, 9.17) is 4.42 Å². The molecular formula is C18H28N2O4. The summed E-state index contributed by atoms with van der Waals surface area (Å²) in [6, 6.07) is 1.34. The Balaban J connectivity index is 2.40. The number of hydrogen-bond donors (Lipinski definition) is 2. The van der Waals surface area contributed by atoms with E-state index in [1.54, 1.807) is 6.92 Å². The van der Waals surface area contributed by atoms with Crippen molar-refractivity contribution in [3.8, 4) is 5.75 Å². The number of aryl methyl sites for hydroxylation is 1. The number of rotatable bonds is 10. The van der Waals surface area contributed by atoms with E-state index in [2.05, 4.69) is 17.5 Å². The van der Waals surface area contributed by atoms with Gasteiger partial charge >= 0.3 is 5.63 Å². The van der Waals surface area contributed by atoms with Crippen LogP contribution < -0.4 is 11.1 Å². The van der Waals surface area contributed by atoms with Gasteiger partial charge in [-0.05, 0) is 20.3 Å². The molecule has 1 aromatic heterocycles. The minimum absolute atomic E-state index is 0.0307. The summed E-state index contributed by atoms with van der Waals surface area (Å²) >= 11 is 0. The van der Waals surface area contributed by atoms with Crippen molar-refractivity contribution in [3.05, 3.63) is 27.8 Å². The minimum Gasteiger partial charge on any atom is -0.507 e. The van der Waals surface area contributed by atoms with Gasteiger partial charge in [0, 0.05) is 12.5 Å². The molecule has 1 heterocycles. The molecule has 0 aliphatic heterocycles. The van der Waals surface area contributed by atoms with E-state index in [0.29, 0.717) is 12.2 Å². The maximum atomic E-state index is 11.8. The normalized spacial score (nSPS) is 11.5. The highest BCUT2D eigenvalue weighted by Crippen LogP contribution is 2.15. The molecule has 0 atom stereocenters. The second-order valence-corrected chi connectivity index (χ2v) is 6.01. The molecule has 0 aliphatic carbocycles. The summed E-state index contributed by atoms with van der Waals surface area (Å²) in [5.74, 6) is -0.0813. The molecule has 6 nitrogen and oxygen atoms in total. The lowest BCUT2D eigenvalue weighted by Crippen LogP contribution is -2.21. The first kappa shape index (κ1) is 19.9. The predicted octanol–water partition coefficient (Wildman–Crippen LogP) is 3.63. The zero-order chi connectivity index (χ0) is 17.9. The van der Waals surface area contributed by atoms with Crippen molar-refractivity contribution in [1.82, 2.24) is 5.43 Å². The number of unbranched alkanes of at least 4 members (excludes halogenated alkanes) is 6. The van der Waals surface area contributed by atoms with Crippen LogP contribution in [0.1, 0.15) is 76.5 Å². The molecule has 1 amide bonds. The molecule has 1 rings (SSSR count). The van der Waals surface area contributed by atoms with Crippen molar-refractivity contribution in [1.29, 1.82) is 0 Å². The molecule has 0 aromatic carbocycles. The molecule has 0 spiro atoms. The standard InChI is InChI=1S/C18H28N2O4/c1-4-5-6-7-8-9-10-11-16(22)20-19-14(3)17-15(21)12-13(2)24-18(17)23/h12,21H,4-11H2,1-3H3,(H,20,22). The number of amides is 1. The molecular weight excluding hydrogens is 308 g/mol. The van der Waals surface area contributed by atoms with Crippen LogP contribution in [-0.2, 0) is 4.79 Å². The highest BCUT2D eigenvalue weighted by Gasteiger charge is 2.13. The largest absolute Gasteiger partial charge is 0.507 e. The lowest BCUT2D eigenvalue weighted by atomic mass is 10.1. The molecule has 24 heavy (non-hydrogen) atoms. The fourth-order valence-corrected chi connectivity index (χ4v) is 2.43. The Morgan fingerprint density at radius 3 is 2.46 bits per heavy atom. The van der Waals surface area contributed by atoms with E-state index in [1.165, 1.54) is 38.7 Å². The van der Waals surface area contributed by atoms with Gasteiger partial charge in [0.1, 0.15) is 17.1 Å². The molecule has 0 fully saturated rings. The molecule has 0 aliphatic rings. The number of hydrazone groups is 1. The van der Waals surface area contributed by atoms with Gasteiger partial charge in [-0.3, -0.25) is 4.79 Å². The van der Waals surface area contributed by atoms with Crippen LogP contribution in [0.2, 0.25) is 0 Å². The summed E-state index contributed by atoms with van der Waals surface area (Å²) in [7, 11) is 0. The topological polar surface area (TPSA) is 91.9 Å². The number of carbonyl (C=O) groups is 1. The predicted molar refractivity (Wildman–Crippen MR) is 94.3 cm³/mol. The van der Waals surface area contributed by atoms with Gasteiger partial charge in [-0.25, -0.2) is 10.2 Å². The van der Waals surface area contributed by atoms with E-state index in [0.717, 1.165) is 19.3 Å². The summed E-state index contributed by atoms with van der Waals surface area (Å²) in [6.45, 7) is 5.30. The Morgan fingerprint density at radius 1 is 1.21 bits per heavy atom. The minimum atomic E-state index is -0.671. The zero-order valence-electron chi connectivity index (χ0n) is 14.9. The Labute approximate surface area is 143 Å². The number of aromatic hydroxyl groups is 1. The van der Waals surface area contributed by atoms with Gasteiger partial charge in [0.25, 0.3) is 0 Å². The molecule has 0 saturated carbocycles. The van der Waals surface area contributed by atoms with Gasteiger partial charge in [-0.1, -0.05) is 45.4 Å². The van der Waals surface area contributed by atoms with Crippen molar-refractivity contribution in [3.63, 3.8) is 0 Å². The highest BCUT2D eigenvalue weighted by atomic mass is 16.4. The smallest absolute Gasteiger partial charge is 0.348 e. The lowest BCUT2D eigenvalue weighted by Gasteiger charge is -2.05. The number of hydrogen-bond acceptors (Lipinski definition) is 5. The van der Waals surface area contributed by atoms with Crippen LogP contribution >= 0.6 is 0 Å². The second kappa shape index (κ2) is 10.6. The maximum Gasteiger partial charge on any atom is 0.348 e. The van der Waals surface area contributed by atoms with Crippen LogP contribution in [0.4, 0.5) is 0 Å². The quantitative estimate of drug-likeness (QED) is 0.388. The van der Waals surface area contributed by atoms with Gasteiger partial charge in [-0.2, -0.15) is 5.10 Å². The molecule has 2 N–H and O–H groups in total. The van der Waals surface area contributed by atoms with E-state index in [1.807, 2.05) is 0 Å². The Kier molecular flexibility index (Phi) is 8.83. The number of carbonyl (C=O) groups excluding carboxylic acids is 1. The van der Waals surface area contributed by atoms with Crippen molar-refractivity contribution >= 4 is 11.6 Å². The van der Waals surface area contributed by atoms with Gasteiger partial charge in [0.05, 0.1) is 5.71 Å². The summed E-state index contributed by atoms with van der Waals surface area (Å²) in [6.07, 6.45) is 8.38. The molecule has 1 aromatic rings. The van der Waals surface area contributed by atoms with Crippen LogP contribution in [0.3, 0.4) is 0 Å². The van der Waals surface area contributed by atoms with E-state index < -0.39 is 5.63 Å². The maximum absolute atomic E-state index is 11.8. The third-order valence-corrected chi connectivity index (χ3v) is 3.77. The Morgan fingerprint density at radius 2 is 1.83 bits per heavy atom. The van der Waals surface area contributed by atoms with Crippen molar-refractivity contribution in [2.45, 2.75) is 72.1 Å². The highest BCUT2D eigenvalue weighted by molar-refractivity contribution is 6.01. The molecule has 0 unspecified atom stereocenters. The summed E-state index contributed by atoms with van der Waals surface area (Å²) in [4.78, 5) is 23.5. The van der Waals surface area contributed by atoms with E-state index in [9.17, 15) is 14.7 Å². The van der Waals surface area contributed by atoms with Crippen molar-refractivity contribution < 1.29 is 14.3 Å². The van der Waals surface area contributed by atoms with Gasteiger partial charge in [0.15, 0.2) is 0 Å². The van der Waals surface area contributed by atoms with Crippen LogP contribution in [0.25, 0.3) is 0 Å². The average Bonchev–Trinajstić information content (AvgIpc) is 2.51. The van der Waals surface area contributed by atoms with E-state index >= 15 is 0 Å². The van der Waals surface area contributed by atoms with E-state index in [-0.39, 0.29) is 22.9 Å². The van der Waals surface area contributed by atoms with Crippen LogP contribution in [-0.4, -0.2) is 16.7 Å². The van der Waals surface area contributed by atoms with Crippen LogP contribution in [0.15, 0.2) is 20.4 Å². The molecule has 0 saturated heterocycles. The Hall–Kier alpha value is -2.11. The zero-order valence-corrected chi connectivity index (χ0v) is 14.9. The first-order valence-corrected chi connectivity index (χ1v) is 8.63. The molecule has 6 heteroatoms. The molecule has 0 bridgehead atoms. The first-order chi connectivity index (χ1) is 11.5. The monoisotopic (exact) mass is 336 g/mol. The fraction of sp³-hybridized carbons (Fsp3) is 0.611. The SMILES string of the molecule is CCCCCCCCCC(=O)NN=C(C)c1c(O)cc(C)oc1=O. The fourth-order valence-electron chi connectivity index (χ4n) is 2.43. The third-order valence-electron chi connectivity index (χ3n) is 3.77. The van der Waals surface area contributed by atoms with Crippen LogP contribution in [0.5, 0.6) is 5.75 Å². The van der Waals surface area contributed by atoms with Crippen molar-refractivity contribution in [2.24, 2.45) is 5.10 Å². The lowest BCUT2D eigenvalue weighted by molar-refractivity contribution is -0.121. The third kappa shape index (κ3) is 6.98. The second-order valence-electron chi connectivity index (χ2n) is 6.01. The van der Waals surface area contributed by atoms with Gasteiger partial charge in [-0.15, -0.1) is 0 Å². The number of nitrogens with zero attached hydrogens (tertiary/aromatic N) is 1. The average molecular weight is 336 g/mol. The molecule has 0 radical (unpaired) electrons. The summed E-state index contributed by atoms with van der Waals surface area (Å²) in [5, 5.41) is 13.7.